The summed E-state index contributed by atoms with van der Waals surface area (Å²) in [6.07, 6.45) is 1.59. The lowest BCUT2D eigenvalue weighted by Gasteiger charge is -2.27. The first-order valence-corrected chi connectivity index (χ1v) is 12.3. The van der Waals surface area contributed by atoms with Crippen LogP contribution in [0.3, 0.4) is 0 Å². The van der Waals surface area contributed by atoms with E-state index < -0.39 is 17.7 Å². The minimum Gasteiger partial charge on any atom is -0.507 e. The topological polar surface area (TPSA) is 76.1 Å². The van der Waals surface area contributed by atoms with Gasteiger partial charge in [0.15, 0.2) is 0 Å². The first kappa shape index (κ1) is 24.1. The zero-order chi connectivity index (χ0) is 25.1. The van der Waals surface area contributed by atoms with Gasteiger partial charge in [-0.25, -0.2) is 0 Å². The Balaban J connectivity index is 1.48. The molecule has 6 nitrogen and oxygen atoms in total. The second-order valence-electron chi connectivity index (χ2n) is 8.94. The van der Waals surface area contributed by atoms with E-state index >= 15 is 0 Å². The molecule has 36 heavy (non-hydrogen) atoms. The molecular weight excluding hydrogens is 478 g/mol. The Bertz CT molecular complexity index is 1270. The van der Waals surface area contributed by atoms with Gasteiger partial charge in [0.2, 0.25) is 0 Å². The Labute approximate surface area is 214 Å². The van der Waals surface area contributed by atoms with Crippen LogP contribution < -0.4 is 4.74 Å². The van der Waals surface area contributed by atoms with Crippen LogP contribution in [0.15, 0.2) is 84.4 Å². The third kappa shape index (κ3) is 5.01. The summed E-state index contributed by atoms with van der Waals surface area (Å²) in [6, 6.07) is 22.9. The summed E-state index contributed by atoms with van der Waals surface area (Å²) in [4.78, 5) is 27.8. The quantitative estimate of drug-likeness (QED) is 0.261. The summed E-state index contributed by atoms with van der Waals surface area (Å²) in [5.74, 6) is -0.920. The highest BCUT2D eigenvalue weighted by molar-refractivity contribution is 6.46. The van der Waals surface area contributed by atoms with Crippen molar-refractivity contribution in [2.45, 2.75) is 31.6 Å². The molecule has 0 aliphatic carbocycles. The molecule has 1 N–H and O–H groups in total. The fourth-order valence-corrected chi connectivity index (χ4v) is 4.80. The number of carbonyl (C=O) groups excluding carboxylic acids is 2. The van der Waals surface area contributed by atoms with Crippen molar-refractivity contribution >= 4 is 29.1 Å². The first-order valence-electron chi connectivity index (χ1n) is 11.9. The molecule has 0 radical (unpaired) electrons. The maximum Gasteiger partial charge on any atom is 0.295 e. The molecule has 2 heterocycles. The number of likely N-dealkylation sites (tertiary alicyclic amines) is 1. The normalized spacial score (nSPS) is 21.2. The number of carbonyl (C=O) groups is 2. The number of ketones is 1. The fourth-order valence-electron chi connectivity index (χ4n) is 4.67. The van der Waals surface area contributed by atoms with Gasteiger partial charge in [-0.15, -0.1) is 0 Å². The number of Topliss-reactive ketones (excluding diaryl/α,β-unsaturated/α-hetero) is 1. The molecule has 3 aromatic rings. The van der Waals surface area contributed by atoms with Crippen molar-refractivity contribution in [2.75, 3.05) is 13.2 Å². The average Bonchev–Trinajstić information content (AvgIpc) is 3.51. The fraction of sp³-hybridized carbons (Fsp3) is 0.241. The van der Waals surface area contributed by atoms with E-state index in [4.69, 9.17) is 21.1 Å². The van der Waals surface area contributed by atoms with Crippen molar-refractivity contribution in [1.29, 1.82) is 0 Å². The first-order chi connectivity index (χ1) is 17.5. The van der Waals surface area contributed by atoms with Crippen LogP contribution in [0.2, 0.25) is 5.02 Å². The van der Waals surface area contributed by atoms with Gasteiger partial charge in [-0.1, -0.05) is 54.1 Å². The van der Waals surface area contributed by atoms with E-state index in [2.05, 4.69) is 0 Å². The molecule has 0 saturated carbocycles. The molecule has 0 bridgehead atoms. The summed E-state index contributed by atoms with van der Waals surface area (Å²) in [7, 11) is 0. The molecule has 2 fully saturated rings. The Morgan fingerprint density at radius 2 is 1.72 bits per heavy atom. The standard InChI is InChI=1S/C29H26ClNO5/c30-22-12-8-21(9-13-22)27(32)25-26(31(29(34)28(25)33)17-24-7-4-16-35-24)20-10-14-23(15-11-20)36-18-19-5-2-1-3-6-19/h1-3,5-6,8-15,24,26,32H,4,7,16-18H2. The third-order valence-corrected chi connectivity index (χ3v) is 6.78. The predicted octanol–water partition coefficient (Wildman–Crippen LogP) is 5.52. The maximum atomic E-state index is 13.2. The molecule has 0 spiro atoms. The molecule has 1 amide bonds. The summed E-state index contributed by atoms with van der Waals surface area (Å²) in [5.41, 5.74) is 2.23. The smallest absolute Gasteiger partial charge is 0.295 e. The summed E-state index contributed by atoms with van der Waals surface area (Å²) in [6.45, 7) is 1.34. The summed E-state index contributed by atoms with van der Waals surface area (Å²) in [5, 5.41) is 11.7. The molecule has 0 aromatic heterocycles. The van der Waals surface area contributed by atoms with Gasteiger partial charge in [0, 0.05) is 23.7 Å². The monoisotopic (exact) mass is 503 g/mol. The number of aliphatic hydroxyl groups is 1. The van der Waals surface area contributed by atoms with Crippen LogP contribution in [-0.2, 0) is 20.9 Å². The van der Waals surface area contributed by atoms with Crippen LogP contribution in [0.5, 0.6) is 5.75 Å². The maximum absolute atomic E-state index is 13.2. The Morgan fingerprint density at radius 3 is 2.39 bits per heavy atom. The second kappa shape index (κ2) is 10.6. The number of rotatable bonds is 7. The predicted molar refractivity (Wildman–Crippen MR) is 137 cm³/mol. The van der Waals surface area contributed by atoms with Gasteiger partial charge in [0.25, 0.3) is 11.7 Å². The van der Waals surface area contributed by atoms with Crippen molar-refractivity contribution in [3.8, 4) is 5.75 Å². The molecular formula is C29H26ClNO5. The highest BCUT2D eigenvalue weighted by Gasteiger charge is 2.47. The average molecular weight is 504 g/mol. The van der Waals surface area contributed by atoms with E-state index in [1.54, 1.807) is 24.3 Å². The van der Waals surface area contributed by atoms with Crippen LogP contribution in [0.25, 0.3) is 5.76 Å². The molecule has 3 aromatic carbocycles. The minimum atomic E-state index is -0.743. The molecule has 2 aliphatic heterocycles. The van der Waals surface area contributed by atoms with E-state index in [0.717, 1.165) is 18.4 Å². The molecule has 2 unspecified atom stereocenters. The van der Waals surface area contributed by atoms with Crippen molar-refractivity contribution in [2.24, 2.45) is 0 Å². The number of ether oxygens (including phenoxy) is 2. The van der Waals surface area contributed by atoms with Crippen molar-refractivity contribution < 1.29 is 24.2 Å². The molecule has 7 heteroatoms. The number of amides is 1. The van der Waals surface area contributed by atoms with Crippen molar-refractivity contribution in [3.05, 3.63) is 106 Å². The van der Waals surface area contributed by atoms with E-state index in [1.165, 1.54) is 4.90 Å². The molecule has 5 rings (SSSR count). The van der Waals surface area contributed by atoms with Gasteiger partial charge in [-0.2, -0.15) is 0 Å². The third-order valence-electron chi connectivity index (χ3n) is 6.53. The number of hydrogen-bond acceptors (Lipinski definition) is 5. The van der Waals surface area contributed by atoms with E-state index in [9.17, 15) is 14.7 Å². The van der Waals surface area contributed by atoms with Crippen molar-refractivity contribution in [1.82, 2.24) is 4.90 Å². The van der Waals surface area contributed by atoms with Gasteiger partial charge >= 0.3 is 0 Å². The van der Waals surface area contributed by atoms with E-state index in [0.29, 0.717) is 35.1 Å². The molecule has 184 valence electrons. The van der Waals surface area contributed by atoms with Gasteiger partial charge in [-0.05, 0) is 60.4 Å². The lowest BCUT2D eigenvalue weighted by Crippen LogP contribution is -2.36. The zero-order valence-corrected chi connectivity index (χ0v) is 20.4. The number of aliphatic hydroxyl groups excluding tert-OH is 1. The highest BCUT2D eigenvalue weighted by atomic mass is 35.5. The number of nitrogens with zero attached hydrogens (tertiary/aromatic N) is 1. The van der Waals surface area contributed by atoms with Crippen LogP contribution in [0.4, 0.5) is 0 Å². The number of halogens is 1. The highest BCUT2D eigenvalue weighted by Crippen LogP contribution is 2.40. The second-order valence-corrected chi connectivity index (χ2v) is 9.37. The summed E-state index contributed by atoms with van der Waals surface area (Å²) >= 11 is 6.00. The minimum absolute atomic E-state index is 0.0540. The van der Waals surface area contributed by atoms with Crippen molar-refractivity contribution in [3.63, 3.8) is 0 Å². The van der Waals surface area contributed by atoms with Crippen LogP contribution in [0.1, 0.15) is 35.6 Å². The van der Waals surface area contributed by atoms with Gasteiger partial charge in [-0.3, -0.25) is 9.59 Å². The zero-order valence-electron chi connectivity index (χ0n) is 19.6. The Morgan fingerprint density at radius 1 is 1.00 bits per heavy atom. The SMILES string of the molecule is O=C1C(=O)N(CC2CCCO2)C(c2ccc(OCc3ccccc3)cc2)C1=C(O)c1ccc(Cl)cc1. The van der Waals surface area contributed by atoms with E-state index in [1.807, 2.05) is 54.6 Å². The molecule has 2 aliphatic rings. The lowest BCUT2D eigenvalue weighted by atomic mass is 9.95. The van der Waals surface area contributed by atoms with Gasteiger partial charge < -0.3 is 19.5 Å². The summed E-state index contributed by atoms with van der Waals surface area (Å²) < 4.78 is 11.7. The lowest BCUT2D eigenvalue weighted by molar-refractivity contribution is -0.140. The van der Waals surface area contributed by atoms with Gasteiger partial charge in [0.1, 0.15) is 18.1 Å². The number of hydrogen-bond donors (Lipinski definition) is 1. The Hall–Kier alpha value is -3.61. The van der Waals surface area contributed by atoms with Gasteiger partial charge in [0.05, 0.1) is 17.7 Å². The number of benzene rings is 3. The molecule has 2 atom stereocenters. The molecule has 2 saturated heterocycles. The largest absolute Gasteiger partial charge is 0.507 e. The van der Waals surface area contributed by atoms with Crippen LogP contribution in [0, 0.1) is 0 Å². The Kier molecular flexibility index (Phi) is 7.07. The van der Waals surface area contributed by atoms with Crippen LogP contribution in [-0.4, -0.2) is 41.0 Å². The van der Waals surface area contributed by atoms with E-state index in [-0.39, 0.29) is 24.0 Å². The van der Waals surface area contributed by atoms with Crippen LogP contribution >= 0.6 is 11.6 Å².